The summed E-state index contributed by atoms with van der Waals surface area (Å²) in [6, 6.07) is 6.77. The topological polar surface area (TPSA) is 127 Å². The van der Waals surface area contributed by atoms with Gasteiger partial charge in [0, 0.05) is 10.5 Å². The van der Waals surface area contributed by atoms with Crippen LogP contribution >= 0.6 is 46.6 Å². The first-order chi connectivity index (χ1) is 18.0. The van der Waals surface area contributed by atoms with E-state index in [9.17, 15) is 28.9 Å². The maximum absolute atomic E-state index is 13.9. The number of ether oxygens (including phenoxy) is 2. The monoisotopic (exact) mass is 611 g/mol. The molecule has 38 heavy (non-hydrogen) atoms. The third kappa shape index (κ3) is 8.23. The molecule has 2 unspecified atom stereocenters. The lowest BCUT2D eigenvalue weighted by atomic mass is 10.1. The fourth-order valence-electron chi connectivity index (χ4n) is 3.16. The van der Waals surface area contributed by atoms with E-state index in [1.807, 2.05) is 0 Å². The number of halogens is 5. The molecule has 15 heteroatoms. The minimum absolute atomic E-state index is 0.0751. The van der Waals surface area contributed by atoms with Crippen molar-refractivity contribution in [1.29, 1.82) is 0 Å². The van der Waals surface area contributed by atoms with Gasteiger partial charge in [-0.2, -0.15) is 0 Å². The predicted octanol–water partition coefficient (Wildman–Crippen LogP) is 4.53. The van der Waals surface area contributed by atoms with E-state index in [1.54, 1.807) is 18.2 Å². The van der Waals surface area contributed by atoms with Crippen LogP contribution in [0, 0.1) is 11.6 Å². The van der Waals surface area contributed by atoms with Crippen molar-refractivity contribution in [3.63, 3.8) is 0 Å². The average Bonchev–Trinajstić information content (AvgIpc) is 3.33. The molecule has 1 heterocycles. The maximum Gasteiger partial charge on any atom is 0.329 e. The van der Waals surface area contributed by atoms with Crippen molar-refractivity contribution in [1.82, 2.24) is 15.0 Å². The van der Waals surface area contributed by atoms with Crippen molar-refractivity contribution in [3.8, 4) is 11.3 Å². The Bertz CT molecular complexity index is 1250. The number of carboxylic acids is 1. The number of aliphatic carboxylic acids is 1. The van der Waals surface area contributed by atoms with Gasteiger partial charge in [0.1, 0.15) is 46.6 Å². The van der Waals surface area contributed by atoms with Gasteiger partial charge in [-0.15, -0.1) is 5.10 Å². The zero-order valence-electron chi connectivity index (χ0n) is 19.6. The van der Waals surface area contributed by atoms with Gasteiger partial charge in [0.05, 0.1) is 35.5 Å². The second-order valence-corrected chi connectivity index (χ2v) is 10.3. The van der Waals surface area contributed by atoms with Crippen molar-refractivity contribution < 1.29 is 38.4 Å². The van der Waals surface area contributed by atoms with E-state index in [0.29, 0.717) is 9.92 Å². The van der Waals surface area contributed by atoms with Gasteiger partial charge >= 0.3 is 5.97 Å². The first kappa shape index (κ1) is 30.5. The van der Waals surface area contributed by atoms with Crippen LogP contribution in [0.3, 0.4) is 0 Å². The van der Waals surface area contributed by atoms with E-state index in [-0.39, 0.29) is 22.8 Å². The zero-order valence-corrected chi connectivity index (χ0v) is 22.7. The van der Waals surface area contributed by atoms with Crippen molar-refractivity contribution in [3.05, 3.63) is 63.2 Å². The van der Waals surface area contributed by atoms with Crippen molar-refractivity contribution in [2.75, 3.05) is 13.2 Å². The second-order valence-electron chi connectivity index (χ2n) is 7.98. The molecule has 0 amide bonds. The summed E-state index contributed by atoms with van der Waals surface area (Å²) in [4.78, 5) is 11.9. The molecule has 0 spiro atoms. The first-order valence-electron chi connectivity index (χ1n) is 10.9. The van der Waals surface area contributed by atoms with Gasteiger partial charge in [0.15, 0.2) is 0 Å². The Morgan fingerprint density at radius 2 is 1.82 bits per heavy atom. The van der Waals surface area contributed by atoms with E-state index in [0.717, 1.165) is 23.9 Å². The van der Waals surface area contributed by atoms with Gasteiger partial charge in [0.25, 0.3) is 0 Å². The van der Waals surface area contributed by atoms with Crippen LogP contribution in [0.15, 0.2) is 41.4 Å². The molecule has 1 aromatic heterocycles. The Morgan fingerprint density at radius 1 is 1.13 bits per heavy atom. The summed E-state index contributed by atoms with van der Waals surface area (Å²) < 4.78 is 40.6. The molecular formula is C23H22Cl3F2N3O6S. The Hall–Kier alpha value is -2.03. The van der Waals surface area contributed by atoms with E-state index in [2.05, 4.69) is 10.3 Å². The number of thioether (sulfide) groups is 1. The van der Waals surface area contributed by atoms with Crippen LogP contribution in [0.25, 0.3) is 11.3 Å². The van der Waals surface area contributed by atoms with E-state index >= 15 is 0 Å². The molecule has 0 aliphatic heterocycles. The quantitative estimate of drug-likeness (QED) is 0.145. The number of nitrogens with zero attached hydrogens (tertiary/aromatic N) is 3. The van der Waals surface area contributed by atoms with Gasteiger partial charge in [-0.05, 0) is 37.3 Å². The van der Waals surface area contributed by atoms with Crippen LogP contribution in [-0.2, 0) is 20.8 Å². The number of hydrogen-bond acceptors (Lipinski definition) is 8. The summed E-state index contributed by atoms with van der Waals surface area (Å²) >= 11 is 18.7. The van der Waals surface area contributed by atoms with Crippen molar-refractivity contribution >= 4 is 52.5 Å². The highest BCUT2D eigenvalue weighted by atomic mass is 35.5. The van der Waals surface area contributed by atoms with Gasteiger partial charge in [-0.3, -0.25) is 0 Å². The van der Waals surface area contributed by atoms with Gasteiger partial charge in [-0.25, -0.2) is 18.3 Å². The molecule has 3 N–H and O–H groups in total. The minimum atomic E-state index is -1.26. The summed E-state index contributed by atoms with van der Waals surface area (Å²) in [5.41, 5.74) is -0.814. The Kier molecular flexibility index (Phi) is 11.1. The lowest BCUT2D eigenvalue weighted by molar-refractivity contribution is -0.151. The molecular weight excluding hydrogens is 591 g/mol. The third-order valence-corrected chi connectivity index (χ3v) is 7.35. The van der Waals surface area contributed by atoms with Crippen LogP contribution in [0.4, 0.5) is 8.78 Å². The van der Waals surface area contributed by atoms with Crippen molar-refractivity contribution in [2.45, 2.75) is 42.1 Å². The predicted molar refractivity (Wildman–Crippen MR) is 138 cm³/mol. The molecule has 0 fully saturated rings. The Morgan fingerprint density at radius 3 is 2.39 bits per heavy atom. The number of carbonyl (C=O) groups is 1. The molecule has 3 rings (SSSR count). The van der Waals surface area contributed by atoms with Gasteiger partial charge in [-0.1, -0.05) is 51.8 Å². The number of aliphatic hydroxyl groups excluding tert-OH is 2. The molecule has 9 nitrogen and oxygen atoms in total. The molecule has 3 aromatic rings. The van der Waals surface area contributed by atoms with Crippen LogP contribution in [0.5, 0.6) is 0 Å². The molecule has 0 bridgehead atoms. The molecule has 206 valence electrons. The van der Waals surface area contributed by atoms with E-state index < -0.39 is 59.6 Å². The number of rotatable bonds is 13. The Labute approximate surface area is 235 Å². The summed E-state index contributed by atoms with van der Waals surface area (Å²) in [7, 11) is 0. The zero-order chi connectivity index (χ0) is 28.0. The molecule has 0 aliphatic rings. The molecule has 0 saturated heterocycles. The van der Waals surface area contributed by atoms with Gasteiger partial charge < -0.3 is 24.8 Å². The number of aromatic nitrogens is 3. The fourth-order valence-corrected chi connectivity index (χ4v) is 4.75. The van der Waals surface area contributed by atoms with Crippen LogP contribution in [-0.4, -0.2) is 73.2 Å². The maximum atomic E-state index is 13.9. The lowest BCUT2D eigenvalue weighted by Gasteiger charge is -2.30. The standard InChI is InChI=1S/C23H22Cl3F2N3O6S/c1-11(33)20(9-32)37-23(38-13-2-3-14(24)15(25)6-13)19(36-10-21(34)35)8-31-7-18(29-30-31)12-4-16(27)22(26)17(28)5-12/h2-7,11,19-20,23,32-33H,8-10H2,1H3,(H,34,35)/t11-,19+,20?,23?/m1/s1. The van der Waals surface area contributed by atoms with Crippen LogP contribution < -0.4 is 0 Å². The highest BCUT2D eigenvalue weighted by Gasteiger charge is 2.31. The van der Waals surface area contributed by atoms with E-state index in [4.69, 9.17) is 44.3 Å². The molecule has 0 saturated carbocycles. The summed E-state index contributed by atoms with van der Waals surface area (Å²) in [6.45, 7) is 0.0434. The lowest BCUT2D eigenvalue weighted by Crippen LogP contribution is -2.41. The summed E-state index contributed by atoms with van der Waals surface area (Å²) in [5, 5.41) is 36.7. The van der Waals surface area contributed by atoms with E-state index in [1.165, 1.54) is 17.8 Å². The number of aliphatic hydroxyl groups is 2. The highest BCUT2D eigenvalue weighted by Crippen LogP contribution is 2.34. The largest absolute Gasteiger partial charge is 0.480 e. The number of hydrogen-bond donors (Lipinski definition) is 3. The fraction of sp³-hybridized carbons (Fsp3) is 0.348. The number of carboxylic acid groups (broad SMARTS) is 1. The van der Waals surface area contributed by atoms with Gasteiger partial charge in [0.2, 0.25) is 0 Å². The SMILES string of the molecule is C[C@@H](O)C(CO)OC(Sc1ccc(Cl)c(Cl)c1)[C@H](Cn1cc(-c2cc(F)c(Cl)c(F)c2)nn1)OCC(=O)O. The second kappa shape index (κ2) is 13.9. The Balaban J connectivity index is 1.93. The van der Waals surface area contributed by atoms with Crippen LogP contribution in [0.2, 0.25) is 15.1 Å². The normalized spacial score (nSPS) is 14.7. The molecule has 2 aromatic carbocycles. The average molecular weight is 613 g/mol. The highest BCUT2D eigenvalue weighted by molar-refractivity contribution is 7.99. The minimum Gasteiger partial charge on any atom is -0.480 e. The molecule has 0 radical (unpaired) electrons. The molecule has 0 aliphatic carbocycles. The van der Waals surface area contributed by atoms with Crippen LogP contribution in [0.1, 0.15) is 6.92 Å². The first-order valence-corrected chi connectivity index (χ1v) is 12.9. The molecule has 4 atom stereocenters. The summed E-state index contributed by atoms with van der Waals surface area (Å²) in [6.07, 6.45) is -1.79. The smallest absolute Gasteiger partial charge is 0.329 e. The van der Waals surface area contributed by atoms with Crippen molar-refractivity contribution in [2.24, 2.45) is 0 Å². The number of benzene rings is 2. The summed E-state index contributed by atoms with van der Waals surface area (Å²) in [5.74, 6) is -3.20. The third-order valence-electron chi connectivity index (χ3n) is 5.08.